The van der Waals surface area contributed by atoms with E-state index in [1.807, 2.05) is 38.1 Å². The largest absolute Gasteiger partial charge is 0.493 e. The molecule has 1 aromatic carbocycles. The lowest BCUT2D eigenvalue weighted by Gasteiger charge is -2.18. The molecule has 0 aliphatic rings. The summed E-state index contributed by atoms with van der Waals surface area (Å²) in [5, 5.41) is 7.45. The Bertz CT molecular complexity index is 786. The Morgan fingerprint density at radius 1 is 1.24 bits per heavy atom. The summed E-state index contributed by atoms with van der Waals surface area (Å²) in [6.07, 6.45) is -4.64. The van der Waals surface area contributed by atoms with E-state index in [0.29, 0.717) is 35.6 Å². The SMILES string of the molecule is CCNC(=NCc1nc(C(F)(F)F)cs1)NCC(C)Oc1ccccc1OC.I. The van der Waals surface area contributed by atoms with Crippen LogP contribution in [0.1, 0.15) is 24.5 Å². The van der Waals surface area contributed by atoms with Crippen molar-refractivity contribution in [2.75, 3.05) is 20.2 Å². The number of hydrogen-bond donors (Lipinski definition) is 2. The first-order chi connectivity index (χ1) is 13.3. The smallest absolute Gasteiger partial charge is 0.434 e. The van der Waals surface area contributed by atoms with Crippen molar-refractivity contribution in [2.24, 2.45) is 4.99 Å². The summed E-state index contributed by atoms with van der Waals surface area (Å²) in [6.45, 7) is 4.89. The fourth-order valence-corrected chi connectivity index (χ4v) is 2.94. The van der Waals surface area contributed by atoms with Crippen molar-refractivity contribution in [1.82, 2.24) is 15.6 Å². The van der Waals surface area contributed by atoms with Crippen molar-refractivity contribution < 1.29 is 22.6 Å². The topological polar surface area (TPSA) is 67.8 Å². The van der Waals surface area contributed by atoms with Gasteiger partial charge in [-0.2, -0.15) is 13.2 Å². The first-order valence-electron chi connectivity index (χ1n) is 8.67. The second-order valence-corrected chi connectivity index (χ2v) is 6.72. The monoisotopic (exact) mass is 544 g/mol. The number of rotatable bonds is 8. The number of benzene rings is 1. The Morgan fingerprint density at radius 3 is 2.52 bits per heavy atom. The Labute approximate surface area is 188 Å². The number of aliphatic imine (C=N–C) groups is 1. The van der Waals surface area contributed by atoms with Gasteiger partial charge in [0.05, 0.1) is 20.2 Å². The van der Waals surface area contributed by atoms with Gasteiger partial charge in [0.2, 0.25) is 0 Å². The quantitative estimate of drug-likeness (QED) is 0.295. The molecule has 2 rings (SSSR count). The molecule has 1 heterocycles. The minimum atomic E-state index is -4.44. The van der Waals surface area contributed by atoms with Gasteiger partial charge < -0.3 is 20.1 Å². The second-order valence-electron chi connectivity index (χ2n) is 5.78. The summed E-state index contributed by atoms with van der Waals surface area (Å²) in [5.41, 5.74) is -0.889. The number of para-hydroxylation sites is 2. The van der Waals surface area contributed by atoms with Gasteiger partial charge in [-0.25, -0.2) is 9.98 Å². The van der Waals surface area contributed by atoms with Crippen LogP contribution < -0.4 is 20.1 Å². The van der Waals surface area contributed by atoms with Crippen molar-refractivity contribution in [2.45, 2.75) is 32.7 Å². The van der Waals surface area contributed by atoms with Crippen LogP contribution >= 0.6 is 35.3 Å². The van der Waals surface area contributed by atoms with Crippen LogP contribution in [0.4, 0.5) is 13.2 Å². The van der Waals surface area contributed by atoms with E-state index in [1.165, 1.54) is 0 Å². The molecule has 1 atom stereocenters. The van der Waals surface area contributed by atoms with E-state index in [2.05, 4.69) is 20.6 Å². The van der Waals surface area contributed by atoms with Crippen molar-refractivity contribution in [3.63, 3.8) is 0 Å². The number of halogens is 4. The number of guanidine groups is 1. The first kappa shape index (κ1) is 25.3. The van der Waals surface area contributed by atoms with Crippen LogP contribution in [-0.2, 0) is 12.7 Å². The molecule has 6 nitrogen and oxygen atoms in total. The predicted molar refractivity (Wildman–Crippen MR) is 118 cm³/mol. The number of aromatic nitrogens is 1. The Hall–Kier alpha value is -1.76. The average Bonchev–Trinajstić information content (AvgIpc) is 3.14. The van der Waals surface area contributed by atoms with Crippen LogP contribution in [0.3, 0.4) is 0 Å². The Kier molecular flexibility index (Phi) is 10.5. The standard InChI is InChI=1S/C18H23F3N4O2S.HI/c1-4-22-17(24-10-16-25-15(11-28-16)18(19,20)21)23-9-12(2)27-14-8-6-5-7-13(14)26-3;/h5-8,11-12H,4,9-10H2,1-3H3,(H2,22,23,24);1H. The number of hydrogen-bond acceptors (Lipinski definition) is 5. The van der Waals surface area contributed by atoms with E-state index in [-0.39, 0.29) is 36.6 Å². The van der Waals surface area contributed by atoms with Crippen molar-refractivity contribution in [3.8, 4) is 11.5 Å². The van der Waals surface area contributed by atoms with Gasteiger partial charge in [0.1, 0.15) is 11.1 Å². The molecule has 0 spiro atoms. The third kappa shape index (κ3) is 8.25. The van der Waals surface area contributed by atoms with Crippen LogP contribution in [0, 0.1) is 0 Å². The van der Waals surface area contributed by atoms with Crippen LogP contribution in [0.5, 0.6) is 11.5 Å². The highest BCUT2D eigenvalue weighted by atomic mass is 127. The first-order valence-corrected chi connectivity index (χ1v) is 9.55. The lowest BCUT2D eigenvalue weighted by Crippen LogP contribution is -2.41. The molecule has 2 aromatic rings. The van der Waals surface area contributed by atoms with E-state index in [4.69, 9.17) is 9.47 Å². The summed E-state index contributed by atoms with van der Waals surface area (Å²) < 4.78 is 49.0. The third-order valence-electron chi connectivity index (χ3n) is 3.51. The number of ether oxygens (including phenoxy) is 2. The van der Waals surface area contributed by atoms with E-state index in [1.54, 1.807) is 7.11 Å². The molecular formula is C18H24F3IN4O2S. The molecule has 11 heteroatoms. The van der Waals surface area contributed by atoms with Crippen LogP contribution in [-0.4, -0.2) is 37.2 Å². The molecule has 0 radical (unpaired) electrons. The van der Waals surface area contributed by atoms with Gasteiger partial charge in [-0.1, -0.05) is 12.1 Å². The molecule has 2 N–H and O–H groups in total. The molecule has 0 fully saturated rings. The fraction of sp³-hybridized carbons (Fsp3) is 0.444. The molecule has 1 unspecified atom stereocenters. The van der Waals surface area contributed by atoms with Crippen molar-refractivity contribution in [1.29, 1.82) is 0 Å². The van der Waals surface area contributed by atoms with Crippen LogP contribution in [0.15, 0.2) is 34.6 Å². The minimum Gasteiger partial charge on any atom is -0.493 e. The highest BCUT2D eigenvalue weighted by molar-refractivity contribution is 14.0. The van der Waals surface area contributed by atoms with Crippen molar-refractivity contribution in [3.05, 3.63) is 40.3 Å². The van der Waals surface area contributed by atoms with E-state index >= 15 is 0 Å². The minimum absolute atomic E-state index is 0. The molecule has 0 aliphatic heterocycles. The van der Waals surface area contributed by atoms with Gasteiger partial charge in [-0.3, -0.25) is 0 Å². The number of methoxy groups -OCH3 is 1. The lowest BCUT2D eigenvalue weighted by molar-refractivity contribution is -0.140. The highest BCUT2D eigenvalue weighted by Crippen LogP contribution is 2.30. The van der Waals surface area contributed by atoms with Crippen molar-refractivity contribution >= 4 is 41.3 Å². The van der Waals surface area contributed by atoms with E-state index < -0.39 is 11.9 Å². The molecule has 0 saturated heterocycles. The van der Waals surface area contributed by atoms with Crippen LogP contribution in [0.2, 0.25) is 0 Å². The van der Waals surface area contributed by atoms with E-state index in [0.717, 1.165) is 16.7 Å². The zero-order valence-electron chi connectivity index (χ0n) is 16.2. The molecule has 0 aliphatic carbocycles. The van der Waals surface area contributed by atoms with E-state index in [9.17, 15) is 13.2 Å². The van der Waals surface area contributed by atoms with Gasteiger partial charge in [-0.05, 0) is 26.0 Å². The maximum atomic E-state index is 12.6. The summed E-state index contributed by atoms with van der Waals surface area (Å²) in [7, 11) is 1.57. The average molecular weight is 544 g/mol. The molecular weight excluding hydrogens is 520 g/mol. The van der Waals surface area contributed by atoms with Gasteiger partial charge in [0.25, 0.3) is 0 Å². The summed E-state index contributed by atoms with van der Waals surface area (Å²) in [5.74, 6) is 1.74. The molecule has 1 aromatic heterocycles. The number of nitrogens with zero attached hydrogens (tertiary/aromatic N) is 2. The molecule has 0 bridgehead atoms. The predicted octanol–water partition coefficient (Wildman–Crippen LogP) is 4.31. The normalized spacial score (nSPS) is 12.7. The fourth-order valence-electron chi connectivity index (χ4n) is 2.22. The maximum absolute atomic E-state index is 12.6. The number of thiazole rings is 1. The molecule has 0 saturated carbocycles. The summed E-state index contributed by atoms with van der Waals surface area (Å²) in [6, 6.07) is 7.33. The lowest BCUT2D eigenvalue weighted by atomic mass is 10.3. The number of nitrogens with one attached hydrogen (secondary N) is 2. The maximum Gasteiger partial charge on any atom is 0.434 e. The second kappa shape index (κ2) is 12.1. The van der Waals surface area contributed by atoms with Gasteiger partial charge >= 0.3 is 6.18 Å². The zero-order chi connectivity index (χ0) is 20.6. The molecule has 29 heavy (non-hydrogen) atoms. The summed E-state index contributed by atoms with van der Waals surface area (Å²) in [4.78, 5) is 7.86. The van der Waals surface area contributed by atoms with Gasteiger partial charge in [-0.15, -0.1) is 35.3 Å². The van der Waals surface area contributed by atoms with Gasteiger partial charge in [0, 0.05) is 11.9 Å². The Morgan fingerprint density at radius 2 is 1.93 bits per heavy atom. The number of alkyl halides is 3. The summed E-state index contributed by atoms with van der Waals surface area (Å²) >= 11 is 0.934. The van der Waals surface area contributed by atoms with Gasteiger partial charge in [0.15, 0.2) is 23.2 Å². The molecule has 162 valence electrons. The Balaban J connectivity index is 0.00000420. The van der Waals surface area contributed by atoms with Crippen LogP contribution in [0.25, 0.3) is 0 Å². The zero-order valence-corrected chi connectivity index (χ0v) is 19.4. The third-order valence-corrected chi connectivity index (χ3v) is 4.35. The highest BCUT2D eigenvalue weighted by Gasteiger charge is 2.33. The molecule has 0 amide bonds.